The average Bonchev–Trinajstić information content (AvgIpc) is 2.88. The van der Waals surface area contributed by atoms with E-state index in [2.05, 4.69) is 43.2 Å². The Kier molecular flexibility index (Phi) is 5.34. The van der Waals surface area contributed by atoms with Gasteiger partial charge in [-0.1, -0.05) is 0 Å². The number of ether oxygens (including phenoxy) is 1. The highest BCUT2D eigenvalue weighted by molar-refractivity contribution is 7.99. The van der Waals surface area contributed by atoms with Crippen molar-refractivity contribution in [1.29, 1.82) is 0 Å². The third kappa shape index (κ3) is 4.10. The summed E-state index contributed by atoms with van der Waals surface area (Å²) in [6, 6.07) is -0.0293. The van der Waals surface area contributed by atoms with Gasteiger partial charge in [-0.2, -0.15) is 0 Å². The van der Waals surface area contributed by atoms with Crippen molar-refractivity contribution in [1.82, 2.24) is 15.5 Å². The second kappa shape index (κ2) is 6.64. The van der Waals surface area contributed by atoms with Crippen molar-refractivity contribution in [2.24, 2.45) is 0 Å². The quantitative estimate of drug-likeness (QED) is 0.799. The van der Waals surface area contributed by atoms with Crippen LogP contribution in [0.15, 0.2) is 0 Å². The van der Waals surface area contributed by atoms with Gasteiger partial charge in [0.2, 0.25) is 5.91 Å². The molecule has 1 amide bonds. The minimum atomic E-state index is -0.0479. The normalized spacial score (nSPS) is 32.3. The van der Waals surface area contributed by atoms with Crippen LogP contribution in [0.4, 0.5) is 0 Å². The van der Waals surface area contributed by atoms with E-state index < -0.39 is 0 Å². The zero-order chi connectivity index (χ0) is 14.8. The van der Waals surface area contributed by atoms with Crippen LogP contribution >= 0.6 is 11.8 Å². The lowest BCUT2D eigenvalue weighted by atomic mass is 10.00. The zero-order valence-corrected chi connectivity index (χ0v) is 13.8. The number of rotatable bonds is 4. The van der Waals surface area contributed by atoms with Crippen molar-refractivity contribution in [3.63, 3.8) is 0 Å². The third-order valence-corrected chi connectivity index (χ3v) is 4.94. The Hall–Kier alpha value is -0.300. The van der Waals surface area contributed by atoms with Gasteiger partial charge in [0, 0.05) is 36.8 Å². The summed E-state index contributed by atoms with van der Waals surface area (Å²) in [5, 5.41) is 6.30. The van der Waals surface area contributed by atoms with E-state index in [1.54, 1.807) is 11.8 Å². The summed E-state index contributed by atoms with van der Waals surface area (Å²) < 4.78 is 5.78. The number of hydrogen-bond acceptors (Lipinski definition) is 5. The molecule has 2 N–H and O–H groups in total. The molecule has 116 valence electrons. The first-order valence-corrected chi connectivity index (χ1v) is 8.53. The number of carbonyl (C=O) groups excluding carboxylic acids is 1. The summed E-state index contributed by atoms with van der Waals surface area (Å²) in [5.41, 5.74) is -0.0479. The molecule has 0 radical (unpaired) electrons. The summed E-state index contributed by atoms with van der Waals surface area (Å²) >= 11 is 1.77. The van der Waals surface area contributed by atoms with E-state index in [9.17, 15) is 4.79 Å². The van der Waals surface area contributed by atoms with Crippen LogP contribution in [0.1, 0.15) is 27.7 Å². The number of nitrogens with one attached hydrogen (secondary N) is 2. The fourth-order valence-corrected chi connectivity index (χ4v) is 3.72. The van der Waals surface area contributed by atoms with Crippen LogP contribution in [0.2, 0.25) is 0 Å². The summed E-state index contributed by atoms with van der Waals surface area (Å²) in [4.78, 5) is 14.5. The summed E-state index contributed by atoms with van der Waals surface area (Å²) in [5.74, 6) is 1.87. The maximum atomic E-state index is 12.1. The lowest BCUT2D eigenvalue weighted by molar-refractivity contribution is -0.124. The lowest BCUT2D eigenvalue weighted by Crippen LogP contribution is -2.59. The Morgan fingerprint density at radius 3 is 2.60 bits per heavy atom. The number of thioether (sulfide) groups is 1. The molecule has 2 fully saturated rings. The second-order valence-electron chi connectivity index (χ2n) is 6.46. The summed E-state index contributed by atoms with van der Waals surface area (Å²) in [6.07, 6.45) is 0.503. The van der Waals surface area contributed by atoms with Crippen molar-refractivity contribution >= 4 is 17.7 Å². The fourth-order valence-electron chi connectivity index (χ4n) is 2.77. The number of nitrogens with zero attached hydrogens (tertiary/aromatic N) is 1. The highest BCUT2D eigenvalue weighted by Crippen LogP contribution is 2.20. The number of carbonyl (C=O) groups is 1. The van der Waals surface area contributed by atoms with Crippen LogP contribution in [-0.2, 0) is 9.53 Å². The standard InChI is InChI=1S/C14H27N3O2S/c1-10-5-17(6-11(2)19-10)14(3,4)8-15-13(18)12-7-20-9-16-12/h10-12,16H,5-9H2,1-4H3,(H,15,18). The predicted molar refractivity (Wildman–Crippen MR) is 82.9 cm³/mol. The maximum Gasteiger partial charge on any atom is 0.238 e. The van der Waals surface area contributed by atoms with Gasteiger partial charge in [-0.3, -0.25) is 15.0 Å². The Labute approximate surface area is 126 Å². The van der Waals surface area contributed by atoms with Crippen LogP contribution in [0.5, 0.6) is 0 Å². The maximum absolute atomic E-state index is 12.1. The Balaban J connectivity index is 1.84. The van der Waals surface area contributed by atoms with Gasteiger partial charge in [0.25, 0.3) is 0 Å². The summed E-state index contributed by atoms with van der Waals surface area (Å²) in [7, 11) is 0. The van der Waals surface area contributed by atoms with E-state index >= 15 is 0 Å². The Morgan fingerprint density at radius 1 is 1.40 bits per heavy atom. The van der Waals surface area contributed by atoms with Gasteiger partial charge in [0.1, 0.15) is 0 Å². The number of morpholine rings is 1. The number of hydrogen-bond donors (Lipinski definition) is 2. The molecule has 3 unspecified atom stereocenters. The fraction of sp³-hybridized carbons (Fsp3) is 0.929. The smallest absolute Gasteiger partial charge is 0.238 e. The Morgan fingerprint density at radius 2 is 2.05 bits per heavy atom. The molecule has 2 heterocycles. The van der Waals surface area contributed by atoms with Crippen LogP contribution in [0.25, 0.3) is 0 Å². The van der Waals surface area contributed by atoms with Crippen molar-refractivity contribution in [2.75, 3.05) is 31.3 Å². The van der Waals surface area contributed by atoms with E-state index in [0.717, 1.165) is 24.7 Å². The molecule has 0 aromatic rings. The van der Waals surface area contributed by atoms with E-state index in [-0.39, 0.29) is 29.7 Å². The van der Waals surface area contributed by atoms with E-state index in [1.807, 2.05) is 0 Å². The molecule has 0 bridgehead atoms. The highest BCUT2D eigenvalue weighted by Gasteiger charge is 2.34. The van der Waals surface area contributed by atoms with Crippen LogP contribution in [0, 0.1) is 0 Å². The topological polar surface area (TPSA) is 53.6 Å². The zero-order valence-electron chi connectivity index (χ0n) is 12.9. The average molecular weight is 301 g/mol. The molecule has 2 aliphatic rings. The third-order valence-electron chi connectivity index (χ3n) is 4.00. The molecular weight excluding hydrogens is 274 g/mol. The van der Waals surface area contributed by atoms with Crippen LogP contribution < -0.4 is 10.6 Å². The van der Waals surface area contributed by atoms with Crippen LogP contribution in [0.3, 0.4) is 0 Å². The van der Waals surface area contributed by atoms with Gasteiger partial charge in [-0.05, 0) is 27.7 Å². The molecule has 5 nitrogen and oxygen atoms in total. The molecule has 2 rings (SSSR count). The largest absolute Gasteiger partial charge is 0.373 e. The molecule has 0 aliphatic carbocycles. The van der Waals surface area contributed by atoms with Crippen molar-refractivity contribution < 1.29 is 9.53 Å². The first-order valence-electron chi connectivity index (χ1n) is 7.38. The molecule has 20 heavy (non-hydrogen) atoms. The van der Waals surface area contributed by atoms with Gasteiger partial charge in [0.15, 0.2) is 0 Å². The SMILES string of the molecule is CC1CN(C(C)(C)CNC(=O)C2CSCN2)CC(C)O1. The lowest BCUT2D eigenvalue weighted by Gasteiger charge is -2.45. The molecule has 0 saturated carbocycles. The van der Waals surface area contributed by atoms with Crippen molar-refractivity contribution in [2.45, 2.75) is 51.5 Å². The summed E-state index contributed by atoms with van der Waals surface area (Å²) in [6.45, 7) is 11.1. The monoisotopic (exact) mass is 301 g/mol. The van der Waals surface area contributed by atoms with E-state index in [4.69, 9.17) is 4.74 Å². The molecule has 0 aromatic heterocycles. The van der Waals surface area contributed by atoms with E-state index in [0.29, 0.717) is 6.54 Å². The second-order valence-corrected chi connectivity index (χ2v) is 7.49. The van der Waals surface area contributed by atoms with Gasteiger partial charge < -0.3 is 10.1 Å². The minimum Gasteiger partial charge on any atom is -0.373 e. The van der Waals surface area contributed by atoms with Gasteiger partial charge >= 0.3 is 0 Å². The van der Waals surface area contributed by atoms with E-state index in [1.165, 1.54) is 0 Å². The molecule has 0 spiro atoms. The van der Waals surface area contributed by atoms with Gasteiger partial charge in [-0.25, -0.2) is 0 Å². The predicted octanol–water partition coefficient (Wildman–Crippen LogP) is 0.653. The van der Waals surface area contributed by atoms with Crippen molar-refractivity contribution in [3.8, 4) is 0 Å². The van der Waals surface area contributed by atoms with Crippen LogP contribution in [-0.4, -0.2) is 65.9 Å². The van der Waals surface area contributed by atoms with Gasteiger partial charge in [0.05, 0.1) is 18.2 Å². The minimum absolute atomic E-state index is 0.0293. The molecule has 2 saturated heterocycles. The molecule has 6 heteroatoms. The number of amides is 1. The molecule has 2 aliphatic heterocycles. The first-order chi connectivity index (χ1) is 9.38. The highest BCUT2D eigenvalue weighted by atomic mass is 32.2. The molecule has 3 atom stereocenters. The molecule has 0 aromatic carbocycles. The van der Waals surface area contributed by atoms with Crippen molar-refractivity contribution in [3.05, 3.63) is 0 Å². The first kappa shape index (κ1) is 16.1. The Bertz CT molecular complexity index is 335. The van der Waals surface area contributed by atoms with Gasteiger partial charge in [-0.15, -0.1) is 11.8 Å². The molecular formula is C14H27N3O2S.